The third kappa shape index (κ3) is 4.24. The van der Waals surface area contributed by atoms with Gasteiger partial charge < -0.3 is 5.32 Å². The van der Waals surface area contributed by atoms with Crippen LogP contribution in [0.5, 0.6) is 0 Å². The molecule has 0 amide bonds. The van der Waals surface area contributed by atoms with Crippen molar-refractivity contribution in [1.29, 1.82) is 0 Å². The van der Waals surface area contributed by atoms with E-state index in [1.165, 1.54) is 36.9 Å². The molecule has 0 aliphatic heterocycles. The maximum absolute atomic E-state index is 4.24. The van der Waals surface area contributed by atoms with E-state index < -0.39 is 0 Å². The van der Waals surface area contributed by atoms with Crippen LogP contribution >= 0.6 is 11.8 Å². The summed E-state index contributed by atoms with van der Waals surface area (Å²) < 4.78 is 0. The molecular formula is C12H23N5S. The summed E-state index contributed by atoms with van der Waals surface area (Å²) in [5.41, 5.74) is 0. The minimum Gasteiger partial charge on any atom is -0.316 e. The predicted molar refractivity (Wildman–Crippen MR) is 74.7 cm³/mol. The summed E-state index contributed by atoms with van der Waals surface area (Å²) in [5, 5.41) is 16.4. The second kappa shape index (κ2) is 7.09. The number of nitrogens with zero attached hydrogens (tertiary/aromatic N) is 4. The second-order valence-electron chi connectivity index (χ2n) is 4.98. The van der Waals surface area contributed by atoms with Gasteiger partial charge in [0.25, 0.3) is 0 Å². The Hall–Kier alpha value is -0.620. The Labute approximate surface area is 113 Å². The molecule has 18 heavy (non-hydrogen) atoms. The van der Waals surface area contributed by atoms with E-state index in [9.17, 15) is 0 Å². The third-order valence-electron chi connectivity index (χ3n) is 3.47. The highest BCUT2D eigenvalue weighted by Crippen LogP contribution is 2.28. The summed E-state index contributed by atoms with van der Waals surface area (Å²) in [6.45, 7) is 0. The van der Waals surface area contributed by atoms with Crippen LogP contribution in [0.1, 0.15) is 37.9 Å². The molecule has 6 heteroatoms. The van der Waals surface area contributed by atoms with Gasteiger partial charge in [-0.15, -0.1) is 10.2 Å². The predicted octanol–water partition coefficient (Wildman–Crippen LogP) is 1.41. The summed E-state index contributed by atoms with van der Waals surface area (Å²) in [6.07, 6.45) is 7.90. The standard InChI is InChI=1S/C12H23N5S/c1-13-10(8-12-14-16-17(2)15-12)9-18-11-6-4-3-5-7-11/h10-11,13H,3-9H2,1-2H3. The van der Waals surface area contributed by atoms with E-state index in [1.807, 2.05) is 14.1 Å². The van der Waals surface area contributed by atoms with Gasteiger partial charge in [-0.05, 0) is 25.1 Å². The highest BCUT2D eigenvalue weighted by Gasteiger charge is 2.17. The first-order chi connectivity index (χ1) is 8.78. The summed E-state index contributed by atoms with van der Waals surface area (Å²) in [5.74, 6) is 1.97. The molecule has 1 aliphatic carbocycles. The fourth-order valence-corrected chi connectivity index (χ4v) is 3.81. The average molecular weight is 269 g/mol. The van der Waals surface area contributed by atoms with Crippen LogP contribution in [-0.4, -0.2) is 44.3 Å². The molecule has 1 atom stereocenters. The molecule has 102 valence electrons. The summed E-state index contributed by atoms with van der Waals surface area (Å²) in [7, 11) is 3.82. The SMILES string of the molecule is CNC(CSC1CCCCC1)Cc1nnn(C)n1. The molecule has 2 rings (SSSR count). The van der Waals surface area contributed by atoms with Gasteiger partial charge in [0.1, 0.15) is 0 Å². The fraction of sp³-hybridized carbons (Fsp3) is 0.917. The van der Waals surface area contributed by atoms with Gasteiger partial charge in [0.15, 0.2) is 5.82 Å². The minimum atomic E-state index is 0.445. The normalized spacial score (nSPS) is 19.0. The zero-order valence-corrected chi connectivity index (χ0v) is 12.1. The number of hydrogen-bond acceptors (Lipinski definition) is 5. The number of hydrogen-bond donors (Lipinski definition) is 1. The Kier molecular flexibility index (Phi) is 5.44. The van der Waals surface area contributed by atoms with Crippen LogP contribution in [0.25, 0.3) is 0 Å². The molecule has 1 aromatic heterocycles. The number of thioether (sulfide) groups is 1. The van der Waals surface area contributed by atoms with E-state index in [4.69, 9.17) is 0 Å². The Morgan fingerprint density at radius 1 is 1.39 bits per heavy atom. The first-order valence-electron chi connectivity index (χ1n) is 6.79. The fourth-order valence-electron chi connectivity index (χ4n) is 2.35. The summed E-state index contributed by atoms with van der Waals surface area (Å²) in [6, 6.07) is 0.445. The van der Waals surface area contributed by atoms with Gasteiger partial charge in [-0.1, -0.05) is 19.3 Å². The van der Waals surface area contributed by atoms with Crippen molar-refractivity contribution in [2.45, 2.75) is 49.8 Å². The number of tetrazole rings is 1. The van der Waals surface area contributed by atoms with E-state index >= 15 is 0 Å². The molecular weight excluding hydrogens is 246 g/mol. The lowest BCUT2D eigenvalue weighted by atomic mass is 10.0. The number of aromatic nitrogens is 4. The van der Waals surface area contributed by atoms with Crippen molar-refractivity contribution in [3.63, 3.8) is 0 Å². The lowest BCUT2D eigenvalue weighted by Crippen LogP contribution is -2.31. The molecule has 1 heterocycles. The molecule has 1 fully saturated rings. The van der Waals surface area contributed by atoms with E-state index in [2.05, 4.69) is 32.5 Å². The highest BCUT2D eigenvalue weighted by atomic mass is 32.2. The van der Waals surface area contributed by atoms with E-state index in [1.54, 1.807) is 0 Å². The van der Waals surface area contributed by atoms with Crippen molar-refractivity contribution >= 4 is 11.8 Å². The molecule has 1 unspecified atom stereocenters. The first kappa shape index (κ1) is 13.8. The van der Waals surface area contributed by atoms with E-state index in [0.717, 1.165) is 23.2 Å². The van der Waals surface area contributed by atoms with Crippen LogP contribution in [0.4, 0.5) is 0 Å². The number of nitrogens with one attached hydrogen (secondary N) is 1. The molecule has 0 aromatic carbocycles. The highest BCUT2D eigenvalue weighted by molar-refractivity contribution is 7.99. The molecule has 0 bridgehead atoms. The molecule has 0 spiro atoms. The van der Waals surface area contributed by atoms with Crippen molar-refractivity contribution in [2.75, 3.05) is 12.8 Å². The van der Waals surface area contributed by atoms with Crippen molar-refractivity contribution in [3.05, 3.63) is 5.82 Å². The largest absolute Gasteiger partial charge is 0.316 e. The Morgan fingerprint density at radius 2 is 2.17 bits per heavy atom. The molecule has 5 nitrogen and oxygen atoms in total. The molecule has 1 aromatic rings. The maximum atomic E-state index is 4.24. The van der Waals surface area contributed by atoms with Crippen molar-refractivity contribution in [3.8, 4) is 0 Å². The molecule has 0 saturated heterocycles. The maximum Gasteiger partial charge on any atom is 0.176 e. The Balaban J connectivity index is 1.74. The smallest absolute Gasteiger partial charge is 0.176 e. The Morgan fingerprint density at radius 3 is 2.78 bits per heavy atom. The lowest BCUT2D eigenvalue weighted by molar-refractivity contribution is 0.514. The van der Waals surface area contributed by atoms with Gasteiger partial charge in [-0.3, -0.25) is 0 Å². The monoisotopic (exact) mass is 269 g/mol. The van der Waals surface area contributed by atoms with Crippen molar-refractivity contribution in [1.82, 2.24) is 25.5 Å². The number of rotatable bonds is 6. The topological polar surface area (TPSA) is 55.6 Å². The minimum absolute atomic E-state index is 0.445. The van der Waals surface area contributed by atoms with Gasteiger partial charge in [0.05, 0.1) is 7.05 Å². The zero-order chi connectivity index (χ0) is 12.8. The van der Waals surface area contributed by atoms with Crippen LogP contribution in [0.15, 0.2) is 0 Å². The van der Waals surface area contributed by atoms with Crippen LogP contribution in [0.3, 0.4) is 0 Å². The first-order valence-corrected chi connectivity index (χ1v) is 7.84. The van der Waals surface area contributed by atoms with Gasteiger partial charge in [0, 0.05) is 23.5 Å². The lowest BCUT2D eigenvalue weighted by Gasteiger charge is -2.23. The van der Waals surface area contributed by atoms with Crippen LogP contribution in [0.2, 0.25) is 0 Å². The third-order valence-corrected chi connectivity index (χ3v) is 5.01. The molecule has 1 N–H and O–H groups in total. The summed E-state index contributed by atoms with van der Waals surface area (Å²) >= 11 is 2.11. The van der Waals surface area contributed by atoms with E-state index in [0.29, 0.717) is 6.04 Å². The second-order valence-corrected chi connectivity index (χ2v) is 6.31. The van der Waals surface area contributed by atoms with Crippen LogP contribution in [0, 0.1) is 0 Å². The Bertz CT molecular complexity index is 348. The molecule has 1 aliphatic rings. The number of aryl methyl sites for hydroxylation is 1. The van der Waals surface area contributed by atoms with Crippen molar-refractivity contribution in [2.24, 2.45) is 7.05 Å². The van der Waals surface area contributed by atoms with Gasteiger partial charge in [0.2, 0.25) is 0 Å². The molecule has 0 radical (unpaired) electrons. The molecule has 1 saturated carbocycles. The average Bonchev–Trinajstić information content (AvgIpc) is 2.81. The van der Waals surface area contributed by atoms with Gasteiger partial charge in [-0.25, -0.2) is 0 Å². The number of likely N-dealkylation sites (N-methyl/N-ethyl adjacent to an activating group) is 1. The van der Waals surface area contributed by atoms with Gasteiger partial charge in [-0.2, -0.15) is 16.6 Å². The zero-order valence-electron chi connectivity index (χ0n) is 11.3. The quantitative estimate of drug-likeness (QED) is 0.846. The van der Waals surface area contributed by atoms with E-state index in [-0.39, 0.29) is 0 Å². The van der Waals surface area contributed by atoms with Crippen LogP contribution in [-0.2, 0) is 13.5 Å². The van der Waals surface area contributed by atoms with Crippen molar-refractivity contribution < 1.29 is 0 Å². The van der Waals surface area contributed by atoms with Gasteiger partial charge >= 0.3 is 0 Å². The summed E-state index contributed by atoms with van der Waals surface area (Å²) in [4.78, 5) is 1.52. The van der Waals surface area contributed by atoms with Crippen LogP contribution < -0.4 is 5.32 Å².